The molecule has 1 aromatic heterocycles. The minimum atomic E-state index is -1.43. The van der Waals surface area contributed by atoms with Gasteiger partial charge < -0.3 is 25.5 Å². The number of aromatic nitrogens is 1. The van der Waals surface area contributed by atoms with Crippen LogP contribution in [0.1, 0.15) is 47.5 Å². The largest absolute Gasteiger partial charge is 0.444 e. The number of rotatable bonds is 6. The average Bonchev–Trinajstić information content (AvgIpc) is 3.28. The van der Waals surface area contributed by atoms with Crippen molar-refractivity contribution in [2.45, 2.75) is 39.5 Å². The zero-order chi connectivity index (χ0) is 20.9. The maximum atomic E-state index is 14.5. The van der Waals surface area contributed by atoms with Gasteiger partial charge in [0.2, 0.25) is 11.7 Å². The molecule has 1 amide bonds. The first-order valence-corrected chi connectivity index (χ1v) is 9.29. The van der Waals surface area contributed by atoms with Crippen LogP contribution in [0.4, 0.5) is 10.1 Å². The van der Waals surface area contributed by atoms with Crippen LogP contribution in [-0.2, 0) is 11.3 Å². The Morgan fingerprint density at radius 1 is 1.34 bits per heavy atom. The number of benzene rings is 1. The van der Waals surface area contributed by atoms with Gasteiger partial charge in [-0.25, -0.2) is 9.37 Å². The minimum Gasteiger partial charge on any atom is -0.444 e. The second-order valence-corrected chi connectivity index (χ2v) is 7.49. The van der Waals surface area contributed by atoms with E-state index in [4.69, 9.17) is 4.42 Å². The predicted molar refractivity (Wildman–Crippen MR) is 101 cm³/mol. The fourth-order valence-corrected chi connectivity index (χ4v) is 3.47. The van der Waals surface area contributed by atoms with Gasteiger partial charge in [0, 0.05) is 6.54 Å². The highest BCUT2D eigenvalue weighted by Gasteiger charge is 2.41. The van der Waals surface area contributed by atoms with E-state index in [2.05, 4.69) is 20.9 Å². The van der Waals surface area contributed by atoms with E-state index in [9.17, 15) is 19.1 Å². The molecule has 2 aliphatic rings. The molecule has 4 rings (SSSR count). The molecule has 1 unspecified atom stereocenters. The quantitative estimate of drug-likeness (QED) is 0.585. The van der Waals surface area contributed by atoms with Crippen molar-refractivity contribution in [3.8, 4) is 0 Å². The van der Waals surface area contributed by atoms with E-state index in [1.54, 1.807) is 13.1 Å². The number of oxazole rings is 1. The molecule has 0 spiro atoms. The first-order valence-electron chi connectivity index (χ1n) is 9.29. The van der Waals surface area contributed by atoms with E-state index < -0.39 is 29.7 Å². The van der Waals surface area contributed by atoms with Gasteiger partial charge in [-0.05, 0) is 24.5 Å². The number of aliphatic hydroxyl groups is 1. The van der Waals surface area contributed by atoms with Crippen LogP contribution >= 0.6 is 0 Å². The Labute approximate surface area is 166 Å². The first-order chi connectivity index (χ1) is 13.8. The van der Waals surface area contributed by atoms with Crippen LogP contribution in [-0.4, -0.2) is 27.9 Å². The third-order valence-corrected chi connectivity index (χ3v) is 5.08. The summed E-state index contributed by atoms with van der Waals surface area (Å²) in [6.45, 7) is 5.92. The summed E-state index contributed by atoms with van der Waals surface area (Å²) < 4.78 is 20.1. The van der Waals surface area contributed by atoms with Gasteiger partial charge in [0.1, 0.15) is 23.3 Å². The fraction of sp³-hybridized carbons (Fsp3) is 0.350. The zero-order valence-electron chi connectivity index (χ0n) is 16.2. The lowest BCUT2D eigenvalue weighted by molar-refractivity contribution is -0.125. The molecule has 0 saturated heterocycles. The van der Waals surface area contributed by atoms with Crippen molar-refractivity contribution < 1.29 is 23.5 Å². The summed E-state index contributed by atoms with van der Waals surface area (Å²) in [6, 6.07) is 2.35. The summed E-state index contributed by atoms with van der Waals surface area (Å²) in [5, 5.41) is 18.6. The summed E-state index contributed by atoms with van der Waals surface area (Å²) in [7, 11) is 0. The van der Waals surface area contributed by atoms with Crippen molar-refractivity contribution in [3.05, 3.63) is 58.3 Å². The van der Waals surface area contributed by atoms with Gasteiger partial charge in [0.25, 0.3) is 5.91 Å². The van der Waals surface area contributed by atoms with Crippen LogP contribution in [0, 0.1) is 18.7 Å². The van der Waals surface area contributed by atoms with Gasteiger partial charge in [0.05, 0.1) is 23.1 Å². The molecular weight excluding hydrogens is 379 g/mol. The Balaban J connectivity index is 1.69. The Morgan fingerprint density at radius 2 is 2.10 bits per heavy atom. The number of carbonyl (C=O) groups is 2. The standard InChI is InChI=1S/C20H21FN4O4/c1-8(2)13(20-23-6-9(3)29-20)24-15-16(18(27)17(15)26)25-14-11(21)5-4-10-7-22-19(28)12(10)14/h4-6,8,13,18,24-25,27H,7H2,1-3H3,(H,22,28)/t13-,18?/m1/s1. The number of hydrogen-bond acceptors (Lipinski definition) is 7. The van der Waals surface area contributed by atoms with Gasteiger partial charge in [-0.1, -0.05) is 19.9 Å². The smallest absolute Gasteiger partial charge is 0.254 e. The van der Waals surface area contributed by atoms with Gasteiger partial charge >= 0.3 is 0 Å². The van der Waals surface area contributed by atoms with Gasteiger partial charge in [-0.2, -0.15) is 0 Å². The number of aryl methyl sites for hydroxylation is 1. The van der Waals surface area contributed by atoms with Crippen LogP contribution in [0.5, 0.6) is 0 Å². The molecule has 8 nitrogen and oxygen atoms in total. The summed E-state index contributed by atoms with van der Waals surface area (Å²) >= 11 is 0. The monoisotopic (exact) mass is 400 g/mol. The lowest BCUT2D eigenvalue weighted by Crippen LogP contribution is -2.47. The van der Waals surface area contributed by atoms with E-state index in [1.165, 1.54) is 12.1 Å². The highest BCUT2D eigenvalue weighted by Crippen LogP contribution is 2.34. The predicted octanol–water partition coefficient (Wildman–Crippen LogP) is 1.92. The summed E-state index contributed by atoms with van der Waals surface area (Å²) in [6.07, 6.45) is 0.148. The van der Waals surface area contributed by atoms with E-state index in [1.807, 2.05) is 13.8 Å². The zero-order valence-corrected chi connectivity index (χ0v) is 16.2. The molecule has 0 saturated carbocycles. The Morgan fingerprint density at radius 3 is 2.76 bits per heavy atom. The van der Waals surface area contributed by atoms with Crippen LogP contribution in [0.2, 0.25) is 0 Å². The molecule has 0 bridgehead atoms. The molecule has 29 heavy (non-hydrogen) atoms. The molecule has 1 aliphatic carbocycles. The van der Waals surface area contributed by atoms with Crippen LogP contribution < -0.4 is 16.0 Å². The van der Waals surface area contributed by atoms with Gasteiger partial charge in [-0.15, -0.1) is 0 Å². The number of Topliss-reactive ketones (excluding diaryl/α,β-unsaturated/α-hetero) is 1. The molecule has 2 aromatic rings. The molecule has 0 radical (unpaired) electrons. The van der Waals surface area contributed by atoms with E-state index >= 15 is 0 Å². The van der Waals surface area contributed by atoms with Crippen molar-refractivity contribution >= 4 is 17.4 Å². The molecule has 2 heterocycles. The molecule has 0 fully saturated rings. The lowest BCUT2D eigenvalue weighted by atomic mass is 9.92. The SMILES string of the molecule is Cc1cnc([C@H](NC2=C(Nc3c(F)ccc4c3C(=O)NC4)C(O)C2=O)C(C)C)o1. The number of anilines is 1. The maximum absolute atomic E-state index is 14.5. The van der Waals surface area contributed by atoms with Crippen molar-refractivity contribution in [1.82, 2.24) is 15.6 Å². The second-order valence-electron chi connectivity index (χ2n) is 7.49. The number of hydrogen-bond donors (Lipinski definition) is 4. The van der Waals surface area contributed by atoms with Crippen LogP contribution in [0.3, 0.4) is 0 Å². The van der Waals surface area contributed by atoms with E-state index in [0.717, 1.165) is 0 Å². The molecular formula is C20H21FN4O4. The molecule has 1 aliphatic heterocycles. The normalized spacial score (nSPS) is 19.2. The highest BCUT2D eigenvalue weighted by molar-refractivity contribution is 6.10. The van der Waals surface area contributed by atoms with Crippen molar-refractivity contribution in [2.24, 2.45) is 5.92 Å². The number of fused-ring (bicyclic) bond motifs is 1. The Kier molecular flexibility index (Phi) is 4.62. The number of nitrogens with one attached hydrogen (secondary N) is 3. The lowest BCUT2D eigenvalue weighted by Gasteiger charge is -2.33. The number of ketones is 1. The average molecular weight is 400 g/mol. The second kappa shape index (κ2) is 7.00. The van der Waals surface area contributed by atoms with Gasteiger partial charge in [-0.3, -0.25) is 9.59 Å². The number of amides is 1. The topological polar surface area (TPSA) is 116 Å². The van der Waals surface area contributed by atoms with Gasteiger partial charge in [0.15, 0.2) is 6.10 Å². The maximum Gasteiger partial charge on any atom is 0.254 e. The molecule has 4 N–H and O–H groups in total. The molecule has 9 heteroatoms. The van der Waals surface area contributed by atoms with Crippen molar-refractivity contribution in [3.63, 3.8) is 0 Å². The number of nitrogens with zero attached hydrogens (tertiary/aromatic N) is 1. The third-order valence-electron chi connectivity index (χ3n) is 5.08. The Hall–Kier alpha value is -3.20. The number of carbonyl (C=O) groups excluding carboxylic acids is 2. The van der Waals surface area contributed by atoms with E-state index in [-0.39, 0.29) is 28.6 Å². The van der Waals surface area contributed by atoms with Crippen LogP contribution in [0.25, 0.3) is 0 Å². The Bertz CT molecular complexity index is 1040. The third kappa shape index (κ3) is 3.17. The molecule has 152 valence electrons. The van der Waals surface area contributed by atoms with E-state index in [0.29, 0.717) is 23.8 Å². The highest BCUT2D eigenvalue weighted by atomic mass is 19.1. The minimum absolute atomic E-state index is 0.0100. The number of halogens is 1. The number of aliphatic hydroxyl groups excluding tert-OH is 1. The molecule has 2 atom stereocenters. The summed E-state index contributed by atoms with van der Waals surface area (Å²) in [4.78, 5) is 28.6. The van der Waals surface area contributed by atoms with Crippen LogP contribution in [0.15, 0.2) is 34.1 Å². The first kappa shape index (κ1) is 19.1. The van der Waals surface area contributed by atoms with Crippen molar-refractivity contribution in [2.75, 3.05) is 5.32 Å². The fourth-order valence-electron chi connectivity index (χ4n) is 3.47. The van der Waals surface area contributed by atoms with Crippen molar-refractivity contribution in [1.29, 1.82) is 0 Å². The molecule has 1 aromatic carbocycles. The summed E-state index contributed by atoms with van der Waals surface area (Å²) in [5.74, 6) is -0.539. The summed E-state index contributed by atoms with van der Waals surface area (Å²) in [5.41, 5.74) is 0.974.